The molecule has 0 atom stereocenters. The minimum atomic E-state index is 0.559. The standard InChI is InChI=1S/C60H36N6/c61-37-39-13-17-45(18-14-39)54-36-55(64-60(63-54)47-19-15-40(38-62)16-20-47)46-27-25-43(26-28-46)41-21-23-42(24-22-41)44-29-31-48(32-30-44)65-58-12-6-3-9-52(58)53-35-49(33-34-59(53)65)66-56-10-4-1-7-50(56)51-8-2-5-11-57(51)66/h1-36H. The lowest BCUT2D eigenvalue weighted by atomic mass is 9.98. The number of aromatic nitrogens is 4. The Hall–Kier alpha value is -9.36. The molecule has 0 aliphatic rings. The highest BCUT2D eigenvalue weighted by Gasteiger charge is 2.17. The van der Waals surface area contributed by atoms with Crippen molar-refractivity contribution in [2.24, 2.45) is 0 Å². The molecule has 12 aromatic rings. The van der Waals surface area contributed by atoms with Gasteiger partial charge in [0.1, 0.15) is 0 Å². The van der Waals surface area contributed by atoms with Crippen LogP contribution in [0.4, 0.5) is 0 Å². The number of nitrogens with zero attached hydrogens (tertiary/aromatic N) is 6. The van der Waals surface area contributed by atoms with Gasteiger partial charge >= 0.3 is 0 Å². The summed E-state index contributed by atoms with van der Waals surface area (Å²) in [6, 6.07) is 80.0. The molecule has 0 aliphatic carbocycles. The van der Waals surface area contributed by atoms with Crippen molar-refractivity contribution in [1.29, 1.82) is 10.5 Å². The molecule has 66 heavy (non-hydrogen) atoms. The third kappa shape index (κ3) is 6.57. The molecule has 6 heteroatoms. The van der Waals surface area contributed by atoms with Crippen molar-refractivity contribution in [3.05, 3.63) is 230 Å². The molecule has 306 valence electrons. The Morgan fingerprint density at radius 1 is 0.303 bits per heavy atom. The van der Waals surface area contributed by atoms with Crippen molar-refractivity contribution in [3.8, 4) is 79.7 Å². The summed E-state index contributed by atoms with van der Waals surface area (Å²) in [6.45, 7) is 0. The topological polar surface area (TPSA) is 83.2 Å². The Morgan fingerprint density at radius 3 is 1.12 bits per heavy atom. The summed E-state index contributed by atoms with van der Waals surface area (Å²) in [5.41, 5.74) is 16.9. The first kappa shape index (κ1) is 38.3. The zero-order chi connectivity index (χ0) is 44.1. The van der Waals surface area contributed by atoms with Gasteiger partial charge < -0.3 is 9.13 Å². The number of fused-ring (bicyclic) bond motifs is 6. The molecule has 0 unspecified atom stereocenters. The van der Waals surface area contributed by atoms with Crippen LogP contribution in [0.25, 0.3) is 111 Å². The molecular weight excluding hydrogens is 805 g/mol. The summed E-state index contributed by atoms with van der Waals surface area (Å²) >= 11 is 0. The van der Waals surface area contributed by atoms with Gasteiger partial charge in [-0.1, -0.05) is 127 Å². The highest BCUT2D eigenvalue weighted by molar-refractivity contribution is 6.12. The summed E-state index contributed by atoms with van der Waals surface area (Å²) in [5.74, 6) is 0.559. The average molecular weight is 841 g/mol. The number of hydrogen-bond acceptors (Lipinski definition) is 4. The second-order valence-electron chi connectivity index (χ2n) is 16.5. The highest BCUT2D eigenvalue weighted by atomic mass is 15.0. The Morgan fingerprint density at radius 2 is 0.652 bits per heavy atom. The fraction of sp³-hybridized carbons (Fsp3) is 0. The predicted octanol–water partition coefficient (Wildman–Crippen LogP) is 14.7. The molecule has 3 heterocycles. The maximum Gasteiger partial charge on any atom is 0.160 e. The zero-order valence-corrected chi connectivity index (χ0v) is 35.5. The second kappa shape index (κ2) is 15.8. The quantitative estimate of drug-likeness (QED) is 0.160. The molecule has 0 fully saturated rings. The van der Waals surface area contributed by atoms with Crippen molar-refractivity contribution < 1.29 is 0 Å². The third-order valence-corrected chi connectivity index (χ3v) is 12.7. The van der Waals surface area contributed by atoms with E-state index in [2.05, 4.69) is 185 Å². The van der Waals surface area contributed by atoms with E-state index in [1.54, 1.807) is 24.3 Å². The highest BCUT2D eigenvalue weighted by Crippen LogP contribution is 2.38. The van der Waals surface area contributed by atoms with E-state index in [1.807, 2.05) is 30.3 Å². The Labute approximate surface area is 380 Å². The van der Waals surface area contributed by atoms with E-state index >= 15 is 0 Å². The molecule has 12 rings (SSSR count). The van der Waals surface area contributed by atoms with Crippen LogP contribution in [0.15, 0.2) is 218 Å². The number of nitriles is 2. The van der Waals surface area contributed by atoms with E-state index in [0.29, 0.717) is 17.0 Å². The molecule has 0 N–H and O–H groups in total. The van der Waals surface area contributed by atoms with Gasteiger partial charge in [0.25, 0.3) is 0 Å². The van der Waals surface area contributed by atoms with E-state index < -0.39 is 0 Å². The van der Waals surface area contributed by atoms with Crippen LogP contribution >= 0.6 is 0 Å². The largest absolute Gasteiger partial charge is 0.309 e. The Balaban J connectivity index is 0.831. The fourth-order valence-electron chi connectivity index (χ4n) is 9.35. The van der Waals surface area contributed by atoms with Gasteiger partial charge in [-0.05, 0) is 113 Å². The maximum absolute atomic E-state index is 9.35. The minimum absolute atomic E-state index is 0.559. The number of rotatable bonds is 7. The molecule has 0 aliphatic heterocycles. The van der Waals surface area contributed by atoms with E-state index in [4.69, 9.17) is 9.97 Å². The van der Waals surface area contributed by atoms with Crippen LogP contribution in [0.5, 0.6) is 0 Å². The lowest BCUT2D eigenvalue weighted by molar-refractivity contribution is 1.17. The molecule has 9 aromatic carbocycles. The first-order chi connectivity index (χ1) is 32.6. The van der Waals surface area contributed by atoms with Gasteiger partial charge in [0, 0.05) is 49.6 Å². The van der Waals surface area contributed by atoms with Crippen molar-refractivity contribution in [1.82, 2.24) is 19.1 Å². The van der Waals surface area contributed by atoms with Crippen molar-refractivity contribution >= 4 is 43.6 Å². The second-order valence-corrected chi connectivity index (χ2v) is 16.5. The first-order valence-corrected chi connectivity index (χ1v) is 21.8. The molecule has 0 bridgehead atoms. The van der Waals surface area contributed by atoms with Crippen molar-refractivity contribution in [2.75, 3.05) is 0 Å². The molecule has 3 aromatic heterocycles. The molecule has 0 saturated heterocycles. The van der Waals surface area contributed by atoms with Crippen LogP contribution in [0.1, 0.15) is 11.1 Å². The summed E-state index contributed by atoms with van der Waals surface area (Å²) in [5, 5.41) is 23.7. The maximum atomic E-state index is 9.35. The SMILES string of the molecule is N#Cc1ccc(-c2cc(-c3ccc(-c4ccc(-c5ccc(-n6c7ccccc7c7cc(-n8c9ccccc9c9ccccc98)ccc76)cc5)cc4)cc3)nc(-c3ccc(C#N)cc3)n2)cc1. The lowest BCUT2D eigenvalue weighted by Crippen LogP contribution is -1.96. The van der Waals surface area contributed by atoms with Crippen LogP contribution in [-0.2, 0) is 0 Å². The van der Waals surface area contributed by atoms with Gasteiger partial charge in [-0.15, -0.1) is 0 Å². The van der Waals surface area contributed by atoms with Gasteiger partial charge in [0.15, 0.2) is 5.82 Å². The molecular formula is C60H36N6. The van der Waals surface area contributed by atoms with E-state index in [1.165, 1.54) is 43.6 Å². The zero-order valence-electron chi connectivity index (χ0n) is 35.5. The van der Waals surface area contributed by atoms with Crippen LogP contribution in [0, 0.1) is 22.7 Å². The van der Waals surface area contributed by atoms with Crippen LogP contribution in [0.2, 0.25) is 0 Å². The molecule has 0 amide bonds. The van der Waals surface area contributed by atoms with Gasteiger partial charge in [-0.25, -0.2) is 9.97 Å². The van der Waals surface area contributed by atoms with E-state index in [0.717, 1.165) is 61.7 Å². The fourth-order valence-corrected chi connectivity index (χ4v) is 9.35. The van der Waals surface area contributed by atoms with Crippen LogP contribution in [0.3, 0.4) is 0 Å². The average Bonchev–Trinajstić information content (AvgIpc) is 3.91. The molecule has 0 saturated carbocycles. The number of benzene rings is 9. The summed E-state index contributed by atoms with van der Waals surface area (Å²) in [7, 11) is 0. The van der Waals surface area contributed by atoms with E-state index in [-0.39, 0.29) is 0 Å². The first-order valence-electron chi connectivity index (χ1n) is 21.8. The summed E-state index contributed by atoms with van der Waals surface area (Å²) < 4.78 is 4.76. The number of hydrogen-bond donors (Lipinski definition) is 0. The van der Waals surface area contributed by atoms with Gasteiger partial charge in [0.2, 0.25) is 0 Å². The minimum Gasteiger partial charge on any atom is -0.309 e. The van der Waals surface area contributed by atoms with Crippen molar-refractivity contribution in [2.45, 2.75) is 0 Å². The summed E-state index contributed by atoms with van der Waals surface area (Å²) in [4.78, 5) is 9.87. The third-order valence-electron chi connectivity index (χ3n) is 12.7. The monoisotopic (exact) mass is 840 g/mol. The Bertz CT molecular complexity index is 3770. The predicted molar refractivity (Wildman–Crippen MR) is 267 cm³/mol. The lowest BCUT2D eigenvalue weighted by Gasteiger charge is -2.11. The van der Waals surface area contributed by atoms with Crippen molar-refractivity contribution in [3.63, 3.8) is 0 Å². The molecule has 0 spiro atoms. The van der Waals surface area contributed by atoms with E-state index in [9.17, 15) is 10.5 Å². The van der Waals surface area contributed by atoms with Crippen LogP contribution < -0.4 is 0 Å². The van der Waals surface area contributed by atoms with Gasteiger partial charge in [-0.2, -0.15) is 10.5 Å². The Kier molecular flexibility index (Phi) is 9.16. The van der Waals surface area contributed by atoms with Gasteiger partial charge in [-0.3, -0.25) is 0 Å². The normalized spacial score (nSPS) is 11.3. The number of para-hydroxylation sites is 3. The molecule has 0 radical (unpaired) electrons. The smallest absolute Gasteiger partial charge is 0.160 e. The van der Waals surface area contributed by atoms with Crippen LogP contribution in [-0.4, -0.2) is 19.1 Å². The molecule has 6 nitrogen and oxygen atoms in total. The van der Waals surface area contributed by atoms with Gasteiger partial charge in [0.05, 0.1) is 56.7 Å². The summed E-state index contributed by atoms with van der Waals surface area (Å²) in [6.07, 6.45) is 0.